The van der Waals surface area contributed by atoms with Crippen LogP contribution in [0.2, 0.25) is 0 Å². The summed E-state index contributed by atoms with van der Waals surface area (Å²) >= 11 is 1.17. The van der Waals surface area contributed by atoms with Crippen LogP contribution in [-0.4, -0.2) is 23.8 Å². The number of nitrogens with one attached hydrogen (secondary N) is 1. The number of amides is 1. The van der Waals surface area contributed by atoms with E-state index in [0.29, 0.717) is 6.42 Å². The fraction of sp³-hybridized carbons (Fsp3) is 0.222. The smallest absolute Gasteiger partial charge is 0.326 e. The highest BCUT2D eigenvalue weighted by Crippen LogP contribution is 2.41. The normalized spacial score (nSPS) is 16.8. The Hall–Kier alpha value is -3.00. The zero-order chi connectivity index (χ0) is 18.0. The van der Waals surface area contributed by atoms with Gasteiger partial charge in [-0.05, 0) is 29.8 Å². The van der Waals surface area contributed by atoms with Crippen LogP contribution in [0.4, 0.5) is 5.69 Å². The van der Waals surface area contributed by atoms with Crippen LogP contribution in [0.5, 0.6) is 0 Å². The van der Waals surface area contributed by atoms with Crippen molar-refractivity contribution >= 4 is 45.4 Å². The van der Waals surface area contributed by atoms with Gasteiger partial charge in [0, 0.05) is 37.7 Å². The number of nitrogens with zero attached hydrogens (tertiary/aromatic N) is 4. The van der Waals surface area contributed by atoms with Gasteiger partial charge in [-0.15, -0.1) is 0 Å². The Morgan fingerprint density at radius 2 is 1.88 bits per heavy atom. The number of aromatic nitrogens is 4. The standard InChI is InChI=1S/C18H15N5O2S/c1-22-13-6-3-9(7-14(13)23(2)18(22)25)10-8-15(24)19-11-4-5-12-17(16(10)11)21-26-20-12/h3-7,10H,8H2,1-2H3,(H,19,24). The van der Waals surface area contributed by atoms with Crippen molar-refractivity contribution in [2.45, 2.75) is 12.3 Å². The molecule has 8 heteroatoms. The molecular weight excluding hydrogens is 350 g/mol. The molecule has 1 N–H and O–H groups in total. The van der Waals surface area contributed by atoms with Gasteiger partial charge in [0.25, 0.3) is 0 Å². The number of fused-ring (bicyclic) bond motifs is 4. The predicted molar refractivity (Wildman–Crippen MR) is 101 cm³/mol. The first-order valence-corrected chi connectivity index (χ1v) is 8.98. The van der Waals surface area contributed by atoms with Crippen molar-refractivity contribution in [2.75, 3.05) is 5.32 Å². The zero-order valence-corrected chi connectivity index (χ0v) is 15.0. The van der Waals surface area contributed by atoms with E-state index in [-0.39, 0.29) is 17.5 Å². The summed E-state index contributed by atoms with van der Waals surface area (Å²) in [7, 11) is 3.52. The van der Waals surface area contributed by atoms with Gasteiger partial charge >= 0.3 is 5.69 Å². The minimum Gasteiger partial charge on any atom is -0.326 e. The molecule has 5 rings (SSSR count). The number of rotatable bonds is 1. The Morgan fingerprint density at radius 3 is 2.73 bits per heavy atom. The van der Waals surface area contributed by atoms with Crippen LogP contribution in [-0.2, 0) is 18.9 Å². The molecule has 2 aromatic carbocycles. The molecule has 4 aromatic rings. The summed E-state index contributed by atoms with van der Waals surface area (Å²) < 4.78 is 12.0. The maximum absolute atomic E-state index is 12.3. The second-order valence-corrected chi connectivity index (χ2v) is 7.14. The maximum atomic E-state index is 12.3. The van der Waals surface area contributed by atoms with E-state index < -0.39 is 0 Å². The molecule has 0 aliphatic carbocycles. The summed E-state index contributed by atoms with van der Waals surface area (Å²) in [6.45, 7) is 0. The largest absolute Gasteiger partial charge is 0.328 e. The van der Waals surface area contributed by atoms with Gasteiger partial charge in [0.15, 0.2) is 0 Å². The van der Waals surface area contributed by atoms with Crippen molar-refractivity contribution in [1.29, 1.82) is 0 Å². The lowest BCUT2D eigenvalue weighted by Gasteiger charge is -2.26. The van der Waals surface area contributed by atoms with Crippen LogP contribution in [0.15, 0.2) is 35.1 Å². The molecule has 1 amide bonds. The molecule has 1 unspecified atom stereocenters. The van der Waals surface area contributed by atoms with Crippen LogP contribution < -0.4 is 11.0 Å². The van der Waals surface area contributed by atoms with Gasteiger partial charge in [-0.3, -0.25) is 13.9 Å². The number of carbonyl (C=O) groups excluding carboxylic acids is 1. The number of aryl methyl sites for hydroxylation is 2. The summed E-state index contributed by atoms with van der Waals surface area (Å²) in [5.41, 5.74) is 6.11. The summed E-state index contributed by atoms with van der Waals surface area (Å²) in [5.74, 6) is -0.141. The SMILES string of the molecule is Cn1c(=O)n(C)c2cc(C3CC(=O)Nc4ccc5nsnc5c43)ccc21. The predicted octanol–water partition coefficient (Wildman–Crippen LogP) is 2.36. The van der Waals surface area contributed by atoms with E-state index >= 15 is 0 Å². The Kier molecular flexibility index (Phi) is 3.08. The van der Waals surface area contributed by atoms with Gasteiger partial charge < -0.3 is 5.32 Å². The van der Waals surface area contributed by atoms with Crippen molar-refractivity contribution in [3.05, 3.63) is 51.9 Å². The molecule has 0 saturated carbocycles. The highest BCUT2D eigenvalue weighted by Gasteiger charge is 2.30. The highest BCUT2D eigenvalue weighted by atomic mass is 32.1. The Labute approximate surface area is 152 Å². The van der Waals surface area contributed by atoms with Gasteiger partial charge in [0.1, 0.15) is 11.0 Å². The first-order valence-electron chi connectivity index (χ1n) is 8.25. The Balaban J connectivity index is 1.78. The van der Waals surface area contributed by atoms with Crippen molar-refractivity contribution in [3.8, 4) is 0 Å². The lowest BCUT2D eigenvalue weighted by Crippen LogP contribution is -2.23. The number of benzene rings is 2. The van der Waals surface area contributed by atoms with Gasteiger partial charge in [-0.2, -0.15) is 8.75 Å². The number of carbonyl (C=O) groups is 1. The molecule has 0 saturated heterocycles. The third-order valence-electron chi connectivity index (χ3n) is 5.18. The van der Waals surface area contributed by atoms with Crippen molar-refractivity contribution in [1.82, 2.24) is 17.9 Å². The first kappa shape index (κ1) is 15.3. The molecular formula is C18H15N5O2S. The Morgan fingerprint density at radius 1 is 1.08 bits per heavy atom. The summed E-state index contributed by atoms with van der Waals surface area (Å²) in [4.78, 5) is 24.5. The van der Waals surface area contributed by atoms with E-state index in [0.717, 1.165) is 38.9 Å². The molecule has 26 heavy (non-hydrogen) atoms. The molecule has 7 nitrogen and oxygen atoms in total. The molecule has 3 heterocycles. The topological polar surface area (TPSA) is 81.8 Å². The molecule has 1 aliphatic rings. The lowest BCUT2D eigenvalue weighted by molar-refractivity contribution is -0.116. The van der Waals surface area contributed by atoms with Crippen LogP contribution in [0.25, 0.3) is 22.1 Å². The van der Waals surface area contributed by atoms with E-state index in [1.807, 2.05) is 30.3 Å². The molecule has 130 valence electrons. The summed E-state index contributed by atoms with van der Waals surface area (Å²) in [6, 6.07) is 9.71. The van der Waals surface area contributed by atoms with E-state index in [1.165, 1.54) is 11.7 Å². The van der Waals surface area contributed by atoms with Crippen molar-refractivity contribution in [3.63, 3.8) is 0 Å². The van der Waals surface area contributed by atoms with Gasteiger partial charge in [-0.25, -0.2) is 4.79 Å². The number of hydrogen-bond acceptors (Lipinski definition) is 5. The number of anilines is 1. The minimum atomic E-state index is -0.119. The zero-order valence-electron chi connectivity index (χ0n) is 14.2. The Bertz CT molecular complexity index is 1270. The van der Waals surface area contributed by atoms with Crippen LogP contribution in [0, 0.1) is 0 Å². The van der Waals surface area contributed by atoms with Crippen LogP contribution >= 0.6 is 11.7 Å². The second-order valence-electron chi connectivity index (χ2n) is 6.61. The third kappa shape index (κ3) is 1.99. The summed E-state index contributed by atoms with van der Waals surface area (Å²) in [6.07, 6.45) is 0.343. The molecule has 0 radical (unpaired) electrons. The lowest BCUT2D eigenvalue weighted by atomic mass is 9.84. The number of imidazole rings is 1. The van der Waals surface area contributed by atoms with Gasteiger partial charge in [-0.1, -0.05) is 6.07 Å². The first-order chi connectivity index (χ1) is 12.5. The maximum Gasteiger partial charge on any atom is 0.328 e. The van der Waals surface area contributed by atoms with Crippen molar-refractivity contribution in [2.24, 2.45) is 14.1 Å². The monoisotopic (exact) mass is 365 g/mol. The molecule has 1 aliphatic heterocycles. The molecule has 0 bridgehead atoms. The van der Waals surface area contributed by atoms with E-state index in [9.17, 15) is 9.59 Å². The average molecular weight is 365 g/mol. The average Bonchev–Trinajstić information content (AvgIpc) is 3.20. The van der Waals surface area contributed by atoms with E-state index in [1.54, 1.807) is 23.2 Å². The van der Waals surface area contributed by atoms with Gasteiger partial charge in [0.05, 0.1) is 22.8 Å². The fourth-order valence-corrected chi connectivity index (χ4v) is 4.40. The van der Waals surface area contributed by atoms with E-state index in [2.05, 4.69) is 14.1 Å². The van der Waals surface area contributed by atoms with E-state index in [4.69, 9.17) is 0 Å². The molecule has 0 spiro atoms. The molecule has 1 atom stereocenters. The second kappa shape index (κ2) is 5.25. The minimum absolute atomic E-state index is 0.0212. The number of hydrogen-bond donors (Lipinski definition) is 1. The third-order valence-corrected chi connectivity index (χ3v) is 5.72. The molecule has 0 fully saturated rings. The quantitative estimate of drug-likeness (QED) is 0.561. The van der Waals surface area contributed by atoms with Crippen molar-refractivity contribution < 1.29 is 4.79 Å². The van der Waals surface area contributed by atoms with Crippen LogP contribution in [0.3, 0.4) is 0 Å². The summed E-state index contributed by atoms with van der Waals surface area (Å²) in [5, 5.41) is 2.94. The van der Waals surface area contributed by atoms with Crippen LogP contribution in [0.1, 0.15) is 23.5 Å². The fourth-order valence-electron chi connectivity index (χ4n) is 3.85. The molecule has 2 aromatic heterocycles. The highest BCUT2D eigenvalue weighted by molar-refractivity contribution is 7.00. The van der Waals surface area contributed by atoms with Gasteiger partial charge in [0.2, 0.25) is 5.91 Å².